The number of halogens is 6. The van der Waals surface area contributed by atoms with Gasteiger partial charge in [-0.3, -0.25) is 0 Å². The van der Waals surface area contributed by atoms with Crippen molar-refractivity contribution in [2.75, 3.05) is 0 Å². The molecule has 0 heterocycles. The van der Waals surface area contributed by atoms with Gasteiger partial charge in [0.2, 0.25) is 0 Å². The van der Waals surface area contributed by atoms with Crippen LogP contribution in [-0.4, -0.2) is 12.4 Å². The molecule has 6 heteroatoms. The van der Waals surface area contributed by atoms with E-state index in [-0.39, 0.29) is 33.4 Å². The molecular formula is C22H12F6. The van der Waals surface area contributed by atoms with Gasteiger partial charge in [0.25, 0.3) is 0 Å². The summed E-state index contributed by atoms with van der Waals surface area (Å²) in [6, 6.07) is 15.2. The maximum atomic E-state index is 14.8. The summed E-state index contributed by atoms with van der Waals surface area (Å²) < 4.78 is 88.8. The van der Waals surface area contributed by atoms with Crippen LogP contribution in [0.1, 0.15) is 33.4 Å². The van der Waals surface area contributed by atoms with Crippen molar-refractivity contribution in [3.05, 3.63) is 106 Å². The van der Waals surface area contributed by atoms with Crippen LogP contribution >= 0.6 is 0 Å². The summed E-state index contributed by atoms with van der Waals surface area (Å²) in [7, 11) is 0. The summed E-state index contributed by atoms with van der Waals surface area (Å²) in [6.07, 6.45) is -9.65. The Hall–Kier alpha value is -2.76. The van der Waals surface area contributed by atoms with E-state index in [4.69, 9.17) is 0 Å². The van der Waals surface area contributed by atoms with Crippen LogP contribution in [0.15, 0.2) is 72.8 Å². The normalized spacial score (nSPS) is 25.1. The topological polar surface area (TPSA) is 0 Å². The van der Waals surface area contributed by atoms with Gasteiger partial charge in [-0.05, 0) is 33.4 Å². The molecule has 142 valence electrons. The van der Waals surface area contributed by atoms with Gasteiger partial charge in [0.05, 0.1) is 0 Å². The van der Waals surface area contributed by atoms with Gasteiger partial charge in [-0.15, -0.1) is 0 Å². The minimum Gasteiger partial charge on any atom is -0.169 e. The van der Waals surface area contributed by atoms with Crippen LogP contribution in [0, 0.1) is 0 Å². The molecule has 0 amide bonds. The van der Waals surface area contributed by atoms with E-state index in [0.29, 0.717) is 0 Å². The number of hydrogen-bond acceptors (Lipinski definition) is 0. The minimum absolute atomic E-state index is 0.350. The van der Waals surface area contributed by atoms with Crippen molar-refractivity contribution >= 4 is 0 Å². The zero-order valence-corrected chi connectivity index (χ0v) is 14.2. The highest BCUT2D eigenvalue weighted by Crippen LogP contribution is 2.69. The molecule has 28 heavy (non-hydrogen) atoms. The van der Waals surface area contributed by atoms with Gasteiger partial charge in [-0.25, -0.2) is 0 Å². The second kappa shape index (κ2) is 4.99. The minimum atomic E-state index is -4.83. The van der Waals surface area contributed by atoms with Gasteiger partial charge in [-0.1, -0.05) is 72.8 Å². The average Bonchev–Trinajstić information content (AvgIpc) is 2.65. The molecule has 0 atom stereocenters. The molecule has 0 aromatic heterocycles. The number of alkyl halides is 6. The van der Waals surface area contributed by atoms with Crippen LogP contribution in [0.4, 0.5) is 26.3 Å². The first-order valence-electron chi connectivity index (χ1n) is 8.62. The van der Waals surface area contributed by atoms with Crippen molar-refractivity contribution in [2.24, 2.45) is 0 Å². The van der Waals surface area contributed by atoms with Crippen LogP contribution in [0.25, 0.3) is 0 Å². The Morgan fingerprint density at radius 1 is 0.393 bits per heavy atom. The van der Waals surface area contributed by atoms with Crippen LogP contribution in [0.5, 0.6) is 0 Å². The van der Waals surface area contributed by atoms with Crippen molar-refractivity contribution in [3.8, 4) is 0 Å². The fourth-order valence-corrected chi connectivity index (χ4v) is 5.20. The zero-order chi connectivity index (χ0) is 19.9. The Morgan fingerprint density at radius 3 is 0.714 bits per heavy atom. The first-order chi connectivity index (χ1) is 13.2. The zero-order valence-electron chi connectivity index (χ0n) is 14.2. The molecule has 0 aliphatic heterocycles. The van der Waals surface area contributed by atoms with Gasteiger partial charge in [0, 0.05) is 0 Å². The van der Waals surface area contributed by atoms with Crippen molar-refractivity contribution in [3.63, 3.8) is 0 Å². The first kappa shape index (κ1) is 17.3. The van der Waals surface area contributed by atoms with E-state index in [2.05, 4.69) is 0 Å². The lowest BCUT2D eigenvalue weighted by Crippen LogP contribution is -2.61. The van der Waals surface area contributed by atoms with Crippen LogP contribution in [0.3, 0.4) is 0 Å². The standard InChI is InChI=1S/C22H12F6/c23-21(24,25)19-13-7-1-2-8-14(13)20(22(26,27)28,17-11-5-3-9-15(17)19)18-12-6-4-10-16(18)19/h1-12H. The van der Waals surface area contributed by atoms with E-state index in [9.17, 15) is 26.3 Å². The van der Waals surface area contributed by atoms with Gasteiger partial charge >= 0.3 is 12.4 Å². The molecule has 0 nitrogen and oxygen atoms in total. The van der Waals surface area contributed by atoms with E-state index in [1.54, 1.807) is 0 Å². The van der Waals surface area contributed by atoms with E-state index in [1.165, 1.54) is 72.8 Å². The van der Waals surface area contributed by atoms with E-state index in [0.717, 1.165) is 0 Å². The second-order valence-electron chi connectivity index (χ2n) is 7.13. The van der Waals surface area contributed by atoms with Crippen molar-refractivity contribution in [2.45, 2.75) is 23.2 Å². The van der Waals surface area contributed by atoms with Gasteiger partial charge in [0.15, 0.2) is 0 Å². The Bertz CT molecular complexity index is 901. The molecule has 0 N–H and O–H groups in total. The van der Waals surface area contributed by atoms with E-state index < -0.39 is 23.2 Å². The summed E-state index contributed by atoms with van der Waals surface area (Å²) in [5.41, 5.74) is -7.37. The van der Waals surface area contributed by atoms with Crippen LogP contribution < -0.4 is 0 Å². The molecule has 3 aromatic carbocycles. The van der Waals surface area contributed by atoms with Crippen molar-refractivity contribution < 1.29 is 26.3 Å². The van der Waals surface area contributed by atoms with Crippen LogP contribution in [0.2, 0.25) is 0 Å². The van der Waals surface area contributed by atoms with Crippen molar-refractivity contribution in [1.82, 2.24) is 0 Å². The third kappa shape index (κ3) is 1.62. The third-order valence-corrected chi connectivity index (χ3v) is 6.06. The van der Waals surface area contributed by atoms with E-state index in [1.807, 2.05) is 0 Å². The number of rotatable bonds is 0. The molecule has 0 unspecified atom stereocenters. The molecule has 0 radical (unpaired) electrons. The molecule has 0 fully saturated rings. The van der Waals surface area contributed by atoms with Gasteiger partial charge < -0.3 is 0 Å². The Kier molecular flexibility index (Phi) is 3.09. The highest BCUT2D eigenvalue weighted by atomic mass is 19.4. The number of hydrogen-bond donors (Lipinski definition) is 0. The second-order valence-corrected chi connectivity index (χ2v) is 7.13. The smallest absolute Gasteiger partial charge is 0.169 e. The first-order valence-corrected chi connectivity index (χ1v) is 8.62. The summed E-state index contributed by atoms with van der Waals surface area (Å²) >= 11 is 0. The molecule has 2 bridgehead atoms. The van der Waals surface area contributed by atoms with Crippen LogP contribution in [-0.2, 0) is 10.8 Å². The molecule has 6 rings (SSSR count). The highest BCUT2D eigenvalue weighted by molar-refractivity contribution is 5.77. The Balaban J connectivity index is 2.13. The highest BCUT2D eigenvalue weighted by Gasteiger charge is 2.74. The van der Waals surface area contributed by atoms with Gasteiger partial charge in [0.1, 0.15) is 10.8 Å². The molecule has 3 aliphatic rings. The predicted octanol–water partition coefficient (Wildman–Crippen LogP) is 6.11. The molecule has 3 aromatic rings. The quantitative estimate of drug-likeness (QED) is 0.407. The SMILES string of the molecule is FC(F)(F)C12c3ccccc3C(C(F)(F)F)(c3ccccc31)c1ccccc12. The lowest BCUT2D eigenvalue weighted by molar-refractivity contribution is -0.188. The summed E-state index contributed by atoms with van der Waals surface area (Å²) in [4.78, 5) is 0. The average molecular weight is 390 g/mol. The summed E-state index contributed by atoms with van der Waals surface area (Å²) in [5, 5.41) is 0. The molecule has 0 saturated carbocycles. The summed E-state index contributed by atoms with van der Waals surface area (Å²) in [5.74, 6) is 0. The van der Waals surface area contributed by atoms with Crippen molar-refractivity contribution in [1.29, 1.82) is 0 Å². The molecular weight excluding hydrogens is 378 g/mol. The lowest BCUT2D eigenvalue weighted by atomic mass is 9.46. The molecule has 0 saturated heterocycles. The maximum absolute atomic E-state index is 14.8. The maximum Gasteiger partial charge on any atom is 0.406 e. The third-order valence-electron chi connectivity index (χ3n) is 6.06. The number of benzene rings is 3. The summed E-state index contributed by atoms with van der Waals surface area (Å²) in [6.45, 7) is 0. The van der Waals surface area contributed by atoms with E-state index >= 15 is 0 Å². The van der Waals surface area contributed by atoms with Gasteiger partial charge in [-0.2, -0.15) is 26.3 Å². The fourth-order valence-electron chi connectivity index (χ4n) is 5.20. The Labute approximate surface area is 156 Å². The fraction of sp³-hybridized carbons (Fsp3) is 0.182. The lowest BCUT2D eigenvalue weighted by Gasteiger charge is -2.56. The largest absolute Gasteiger partial charge is 0.406 e. The Morgan fingerprint density at radius 2 is 0.571 bits per heavy atom. The molecule has 0 spiro atoms. The predicted molar refractivity (Wildman–Crippen MR) is 91.2 cm³/mol. The molecule has 3 aliphatic carbocycles. The monoisotopic (exact) mass is 390 g/mol.